The third kappa shape index (κ3) is 2.68. The third-order valence-electron chi connectivity index (χ3n) is 4.90. The minimum atomic E-state index is -0.323. The molecule has 1 aliphatic rings. The lowest BCUT2D eigenvalue weighted by Crippen LogP contribution is -2.21. The molecule has 0 saturated heterocycles. The molecule has 0 atom stereocenters. The SMILES string of the molecule is Cc1ccc(-c2noc(Cn3cnc4sc5c(c4c3=O)CCC5)n2)cc1F. The van der Waals surface area contributed by atoms with Gasteiger partial charge >= 0.3 is 0 Å². The Kier molecular flexibility index (Phi) is 3.68. The fourth-order valence-electron chi connectivity index (χ4n) is 3.45. The summed E-state index contributed by atoms with van der Waals surface area (Å²) in [5.41, 5.74) is 2.14. The van der Waals surface area contributed by atoms with Crippen LogP contribution in [0.15, 0.2) is 33.8 Å². The van der Waals surface area contributed by atoms with E-state index in [0.29, 0.717) is 17.0 Å². The van der Waals surface area contributed by atoms with Crippen molar-refractivity contribution in [2.45, 2.75) is 32.7 Å². The molecule has 0 saturated carbocycles. The molecule has 0 N–H and O–H groups in total. The van der Waals surface area contributed by atoms with Crippen LogP contribution < -0.4 is 5.56 Å². The molecular weight excluding hydrogens is 367 g/mol. The summed E-state index contributed by atoms with van der Waals surface area (Å²) in [5, 5.41) is 4.62. The van der Waals surface area contributed by atoms with Gasteiger partial charge in [0.2, 0.25) is 11.7 Å². The summed E-state index contributed by atoms with van der Waals surface area (Å²) in [6.07, 6.45) is 4.56. The standard InChI is InChI=1S/C19H15FN4O2S/c1-10-5-6-11(7-13(10)20)17-22-15(26-23-17)8-24-9-21-18-16(19(24)25)12-3-2-4-14(12)27-18/h5-7,9H,2-4,8H2,1H3. The summed E-state index contributed by atoms with van der Waals surface area (Å²) >= 11 is 1.61. The van der Waals surface area contributed by atoms with E-state index in [9.17, 15) is 9.18 Å². The van der Waals surface area contributed by atoms with E-state index in [1.54, 1.807) is 30.4 Å². The van der Waals surface area contributed by atoms with Gasteiger partial charge in [-0.05, 0) is 43.4 Å². The van der Waals surface area contributed by atoms with E-state index in [2.05, 4.69) is 15.1 Å². The molecule has 4 aromatic rings. The number of hydrogen-bond donors (Lipinski definition) is 0. The average molecular weight is 382 g/mol. The maximum absolute atomic E-state index is 13.8. The van der Waals surface area contributed by atoms with Gasteiger partial charge < -0.3 is 4.52 Å². The lowest BCUT2D eigenvalue weighted by molar-refractivity contribution is 0.369. The first-order valence-corrected chi connectivity index (χ1v) is 9.50. The Balaban J connectivity index is 1.49. The van der Waals surface area contributed by atoms with E-state index in [0.717, 1.165) is 35.0 Å². The summed E-state index contributed by atoms with van der Waals surface area (Å²) in [5.74, 6) is 0.250. The number of fused-ring (bicyclic) bond motifs is 3. The van der Waals surface area contributed by atoms with Gasteiger partial charge in [-0.1, -0.05) is 17.3 Å². The molecule has 0 fully saturated rings. The van der Waals surface area contributed by atoms with Crippen molar-refractivity contribution >= 4 is 21.6 Å². The lowest BCUT2D eigenvalue weighted by atomic mass is 10.1. The molecule has 136 valence electrons. The van der Waals surface area contributed by atoms with Crippen molar-refractivity contribution in [2.75, 3.05) is 0 Å². The van der Waals surface area contributed by atoms with E-state index >= 15 is 0 Å². The van der Waals surface area contributed by atoms with Crippen LogP contribution in [0, 0.1) is 12.7 Å². The Hall–Kier alpha value is -2.87. The number of hydrogen-bond acceptors (Lipinski definition) is 6. The molecule has 3 aromatic heterocycles. The topological polar surface area (TPSA) is 73.8 Å². The smallest absolute Gasteiger partial charge is 0.262 e. The Morgan fingerprint density at radius 2 is 2.22 bits per heavy atom. The highest BCUT2D eigenvalue weighted by molar-refractivity contribution is 7.18. The maximum atomic E-state index is 13.8. The van der Waals surface area contributed by atoms with Crippen LogP contribution in [0.25, 0.3) is 21.6 Å². The van der Waals surface area contributed by atoms with Crippen LogP contribution in [0.1, 0.15) is 28.3 Å². The van der Waals surface area contributed by atoms with E-state index in [1.807, 2.05) is 0 Å². The highest BCUT2D eigenvalue weighted by atomic mass is 32.1. The van der Waals surface area contributed by atoms with Gasteiger partial charge in [-0.3, -0.25) is 9.36 Å². The first-order chi connectivity index (χ1) is 13.1. The van der Waals surface area contributed by atoms with Crippen molar-refractivity contribution in [3.05, 3.63) is 62.6 Å². The number of aryl methyl sites for hydroxylation is 3. The number of nitrogens with zero attached hydrogens (tertiary/aromatic N) is 4. The van der Waals surface area contributed by atoms with Gasteiger partial charge in [0.1, 0.15) is 17.2 Å². The van der Waals surface area contributed by atoms with Gasteiger partial charge in [0.05, 0.1) is 11.7 Å². The van der Waals surface area contributed by atoms with Crippen LogP contribution in [0.3, 0.4) is 0 Å². The molecule has 1 aliphatic carbocycles. The van der Waals surface area contributed by atoms with Crippen molar-refractivity contribution in [1.82, 2.24) is 19.7 Å². The van der Waals surface area contributed by atoms with Crippen molar-refractivity contribution in [3.8, 4) is 11.4 Å². The molecule has 0 aliphatic heterocycles. The van der Waals surface area contributed by atoms with E-state index in [-0.39, 0.29) is 23.8 Å². The molecule has 5 rings (SSSR count). The molecule has 0 spiro atoms. The number of aromatic nitrogens is 4. The van der Waals surface area contributed by atoms with Crippen LogP contribution in [-0.2, 0) is 19.4 Å². The molecule has 0 unspecified atom stereocenters. The molecule has 3 heterocycles. The number of thiophene rings is 1. The zero-order valence-corrected chi connectivity index (χ0v) is 15.3. The van der Waals surface area contributed by atoms with Crippen LogP contribution >= 0.6 is 11.3 Å². The van der Waals surface area contributed by atoms with Crippen LogP contribution in [0.2, 0.25) is 0 Å². The molecule has 0 radical (unpaired) electrons. The van der Waals surface area contributed by atoms with Crippen LogP contribution in [0.4, 0.5) is 4.39 Å². The molecule has 0 bridgehead atoms. The Labute approximate surface area is 157 Å². The minimum absolute atomic E-state index is 0.0828. The average Bonchev–Trinajstić information content (AvgIpc) is 3.35. The van der Waals surface area contributed by atoms with Crippen molar-refractivity contribution in [2.24, 2.45) is 0 Å². The van der Waals surface area contributed by atoms with Gasteiger partial charge in [0.25, 0.3) is 5.56 Å². The van der Waals surface area contributed by atoms with Gasteiger partial charge in [0.15, 0.2) is 0 Å². The molecular formula is C19H15FN4O2S. The van der Waals surface area contributed by atoms with E-state index in [4.69, 9.17) is 4.52 Å². The first-order valence-electron chi connectivity index (χ1n) is 8.69. The number of rotatable bonds is 3. The number of benzene rings is 1. The molecule has 6 nitrogen and oxygen atoms in total. The second-order valence-electron chi connectivity index (χ2n) is 6.69. The minimum Gasteiger partial charge on any atom is -0.337 e. The van der Waals surface area contributed by atoms with Gasteiger partial charge in [-0.25, -0.2) is 9.37 Å². The maximum Gasteiger partial charge on any atom is 0.262 e. The summed E-state index contributed by atoms with van der Waals surface area (Å²) in [6, 6.07) is 4.78. The van der Waals surface area contributed by atoms with E-state index < -0.39 is 0 Å². The lowest BCUT2D eigenvalue weighted by Gasteiger charge is -2.02. The zero-order chi connectivity index (χ0) is 18.5. The summed E-state index contributed by atoms with van der Waals surface area (Å²) in [7, 11) is 0. The third-order valence-corrected chi connectivity index (χ3v) is 6.10. The fraction of sp³-hybridized carbons (Fsp3) is 0.263. The Morgan fingerprint density at radius 1 is 1.33 bits per heavy atom. The van der Waals surface area contributed by atoms with Crippen LogP contribution in [-0.4, -0.2) is 19.7 Å². The highest BCUT2D eigenvalue weighted by Gasteiger charge is 2.21. The zero-order valence-electron chi connectivity index (χ0n) is 14.5. The van der Waals surface area contributed by atoms with E-state index in [1.165, 1.54) is 21.8 Å². The molecule has 1 aromatic carbocycles. The van der Waals surface area contributed by atoms with Crippen molar-refractivity contribution < 1.29 is 8.91 Å². The molecule has 0 amide bonds. The Bertz CT molecular complexity index is 1240. The first kappa shape index (κ1) is 16.3. The number of halogens is 1. The van der Waals surface area contributed by atoms with Gasteiger partial charge in [-0.15, -0.1) is 11.3 Å². The predicted octanol–water partition coefficient (Wildman–Crippen LogP) is 3.49. The predicted molar refractivity (Wildman–Crippen MR) is 99.4 cm³/mol. The second kappa shape index (κ2) is 6.09. The van der Waals surface area contributed by atoms with Crippen LogP contribution in [0.5, 0.6) is 0 Å². The fourth-order valence-corrected chi connectivity index (χ4v) is 4.67. The van der Waals surface area contributed by atoms with Gasteiger partial charge in [-0.2, -0.15) is 4.98 Å². The largest absolute Gasteiger partial charge is 0.337 e. The summed E-state index contributed by atoms with van der Waals surface area (Å²) in [6.45, 7) is 1.82. The van der Waals surface area contributed by atoms with Crippen molar-refractivity contribution in [1.29, 1.82) is 0 Å². The normalized spacial score (nSPS) is 13.4. The molecule has 8 heteroatoms. The molecule has 27 heavy (non-hydrogen) atoms. The van der Waals surface area contributed by atoms with Gasteiger partial charge in [0, 0.05) is 10.4 Å². The Morgan fingerprint density at radius 3 is 3.07 bits per heavy atom. The monoisotopic (exact) mass is 382 g/mol. The highest BCUT2D eigenvalue weighted by Crippen LogP contribution is 2.34. The quantitative estimate of drug-likeness (QED) is 0.542. The van der Waals surface area contributed by atoms with Crippen molar-refractivity contribution in [3.63, 3.8) is 0 Å². The summed E-state index contributed by atoms with van der Waals surface area (Å²) < 4.78 is 20.5. The second-order valence-corrected chi connectivity index (χ2v) is 7.77. The summed E-state index contributed by atoms with van der Waals surface area (Å²) in [4.78, 5) is 23.7.